The normalized spacial score (nSPS) is 20.6. The summed E-state index contributed by atoms with van der Waals surface area (Å²) in [5, 5.41) is 39.8. The first kappa shape index (κ1) is 50.7. The van der Waals surface area contributed by atoms with Gasteiger partial charge in [0.15, 0.2) is 18.5 Å². The van der Waals surface area contributed by atoms with Crippen LogP contribution >= 0.6 is 0 Å². The highest BCUT2D eigenvalue weighted by atomic mass is 16.7. The van der Waals surface area contributed by atoms with Crippen LogP contribution in [-0.4, -0.2) is 88.4 Å². The van der Waals surface area contributed by atoms with Crippen LogP contribution in [0.25, 0.3) is 0 Å². The number of carbonyl (C=O) groups is 3. The van der Waals surface area contributed by atoms with E-state index in [1.807, 2.05) is 0 Å². The van der Waals surface area contributed by atoms with Crippen molar-refractivity contribution >= 4 is 17.9 Å². The number of ether oxygens (including phenoxy) is 4. The van der Waals surface area contributed by atoms with Crippen molar-refractivity contribution in [3.05, 3.63) is 24.3 Å². The number of allylic oxidation sites excluding steroid dienone is 4. The zero-order valence-electron chi connectivity index (χ0n) is 34.4. The molecule has 11 heteroatoms. The summed E-state index contributed by atoms with van der Waals surface area (Å²) in [6, 6.07) is 0. The highest BCUT2D eigenvalue weighted by Crippen LogP contribution is 2.23. The van der Waals surface area contributed by atoms with E-state index in [0.717, 1.165) is 64.2 Å². The standard InChI is InChI=1S/C44H78O11/c1-3-5-7-9-11-13-15-17-19-21-23-25-27-29-31-33-38(46)54-36(35-53-44-41(49)39(47)40(48)42(55-44)43(50)51)34-52-37(45)32-30-28-26-24-22-20-18-16-14-12-10-8-6-4-2/h10,12,16,18,36,39-42,44,47-49H,3-9,11,13-15,17,19-35H2,1-2H3,(H,50,51)/b12-10-,18-16-. The quantitative estimate of drug-likeness (QED) is 0.0272. The Labute approximate surface area is 332 Å². The van der Waals surface area contributed by atoms with Gasteiger partial charge in [0.25, 0.3) is 0 Å². The van der Waals surface area contributed by atoms with Gasteiger partial charge in [0.1, 0.15) is 24.9 Å². The van der Waals surface area contributed by atoms with E-state index in [-0.39, 0.29) is 19.4 Å². The maximum atomic E-state index is 12.7. The lowest BCUT2D eigenvalue weighted by molar-refractivity contribution is -0.298. The molecule has 4 N–H and O–H groups in total. The van der Waals surface area contributed by atoms with E-state index in [4.69, 9.17) is 18.9 Å². The fraction of sp³-hybridized carbons (Fsp3) is 0.841. The number of aliphatic carboxylic acids is 1. The van der Waals surface area contributed by atoms with Crippen LogP contribution in [0.2, 0.25) is 0 Å². The molecule has 0 aliphatic carbocycles. The number of aliphatic hydroxyl groups excluding tert-OH is 3. The van der Waals surface area contributed by atoms with Gasteiger partial charge in [-0.2, -0.15) is 0 Å². The number of hydrogen-bond acceptors (Lipinski definition) is 10. The Morgan fingerprint density at radius 1 is 0.564 bits per heavy atom. The van der Waals surface area contributed by atoms with Gasteiger partial charge in [-0.15, -0.1) is 0 Å². The lowest BCUT2D eigenvalue weighted by Crippen LogP contribution is -2.60. The summed E-state index contributed by atoms with van der Waals surface area (Å²) in [6.45, 7) is 3.76. The Hall–Kier alpha value is -2.31. The molecule has 1 heterocycles. The monoisotopic (exact) mass is 783 g/mol. The fourth-order valence-corrected chi connectivity index (χ4v) is 6.54. The van der Waals surface area contributed by atoms with Crippen molar-refractivity contribution < 1.29 is 53.8 Å². The zero-order valence-corrected chi connectivity index (χ0v) is 34.4. The number of esters is 2. The SMILES string of the molecule is CCCC/C=C\C/C=C\CCCCCCCC(=O)OCC(COC1OC(C(=O)O)C(O)C(O)C1O)OC(=O)CCCCCCCCCCCCCCCCC. The second-order valence-corrected chi connectivity index (χ2v) is 15.2. The number of hydrogen-bond donors (Lipinski definition) is 4. The van der Waals surface area contributed by atoms with Crippen LogP contribution in [0.15, 0.2) is 24.3 Å². The highest BCUT2D eigenvalue weighted by molar-refractivity contribution is 5.73. The van der Waals surface area contributed by atoms with E-state index in [1.54, 1.807) is 0 Å². The molecule has 6 atom stereocenters. The van der Waals surface area contributed by atoms with Crippen LogP contribution < -0.4 is 0 Å². The molecule has 0 aromatic carbocycles. The molecule has 1 rings (SSSR count). The van der Waals surface area contributed by atoms with Gasteiger partial charge in [0.2, 0.25) is 0 Å². The molecule has 0 aromatic rings. The third-order valence-corrected chi connectivity index (χ3v) is 10.1. The predicted molar refractivity (Wildman–Crippen MR) is 215 cm³/mol. The summed E-state index contributed by atoms with van der Waals surface area (Å²) in [5.41, 5.74) is 0. The third kappa shape index (κ3) is 27.0. The number of unbranched alkanes of at least 4 members (excludes halogenated alkanes) is 21. The molecule has 0 amide bonds. The minimum atomic E-state index is -1.86. The molecule has 0 radical (unpaired) electrons. The number of carbonyl (C=O) groups excluding carboxylic acids is 2. The topological polar surface area (TPSA) is 169 Å². The maximum Gasteiger partial charge on any atom is 0.335 e. The molecule has 1 aliphatic rings. The summed E-state index contributed by atoms with van der Waals surface area (Å²) >= 11 is 0. The van der Waals surface area contributed by atoms with Crippen molar-refractivity contribution in [3.8, 4) is 0 Å². The number of aliphatic hydroxyl groups is 3. The molecule has 11 nitrogen and oxygen atoms in total. The predicted octanol–water partition coefficient (Wildman–Crippen LogP) is 9.04. The van der Waals surface area contributed by atoms with Gasteiger partial charge >= 0.3 is 17.9 Å². The molecule has 0 saturated carbocycles. The molecule has 1 aliphatic heterocycles. The van der Waals surface area contributed by atoms with Crippen molar-refractivity contribution in [1.29, 1.82) is 0 Å². The Morgan fingerprint density at radius 3 is 1.56 bits per heavy atom. The van der Waals surface area contributed by atoms with E-state index in [9.17, 15) is 34.8 Å². The van der Waals surface area contributed by atoms with Crippen LogP contribution in [0, 0.1) is 0 Å². The molecular weight excluding hydrogens is 704 g/mol. The number of carboxylic acid groups (broad SMARTS) is 1. The molecule has 1 saturated heterocycles. The van der Waals surface area contributed by atoms with E-state index in [2.05, 4.69) is 38.2 Å². The average Bonchev–Trinajstić information content (AvgIpc) is 3.17. The number of rotatable bonds is 36. The van der Waals surface area contributed by atoms with Crippen LogP contribution in [0.3, 0.4) is 0 Å². The first-order valence-corrected chi connectivity index (χ1v) is 21.9. The number of carboxylic acids is 1. The van der Waals surface area contributed by atoms with Gasteiger partial charge in [0, 0.05) is 12.8 Å². The van der Waals surface area contributed by atoms with Crippen molar-refractivity contribution in [2.24, 2.45) is 0 Å². The van der Waals surface area contributed by atoms with Gasteiger partial charge in [-0.25, -0.2) is 4.79 Å². The Kier molecular flexibility index (Phi) is 32.2. The Morgan fingerprint density at radius 2 is 1.04 bits per heavy atom. The summed E-state index contributed by atoms with van der Waals surface area (Å²) in [4.78, 5) is 36.8. The van der Waals surface area contributed by atoms with Crippen LogP contribution in [0.1, 0.15) is 187 Å². The van der Waals surface area contributed by atoms with E-state index in [1.165, 1.54) is 83.5 Å². The third-order valence-electron chi connectivity index (χ3n) is 10.1. The first-order valence-electron chi connectivity index (χ1n) is 21.9. The molecule has 0 spiro atoms. The summed E-state index contributed by atoms with van der Waals surface area (Å²) in [6.07, 6.45) is 28.0. The molecule has 0 bridgehead atoms. The molecule has 0 aromatic heterocycles. The fourth-order valence-electron chi connectivity index (χ4n) is 6.54. The van der Waals surface area contributed by atoms with Crippen LogP contribution in [0.4, 0.5) is 0 Å². The largest absolute Gasteiger partial charge is 0.479 e. The average molecular weight is 783 g/mol. The summed E-state index contributed by atoms with van der Waals surface area (Å²) < 4.78 is 21.7. The molecule has 1 fully saturated rings. The van der Waals surface area contributed by atoms with E-state index < -0.39 is 61.3 Å². The highest BCUT2D eigenvalue weighted by Gasteiger charge is 2.47. The Balaban J connectivity index is 2.39. The first-order chi connectivity index (χ1) is 26.7. The van der Waals surface area contributed by atoms with Gasteiger partial charge in [-0.05, 0) is 38.5 Å². The van der Waals surface area contributed by atoms with Gasteiger partial charge in [-0.1, -0.05) is 160 Å². The van der Waals surface area contributed by atoms with E-state index >= 15 is 0 Å². The van der Waals surface area contributed by atoms with Gasteiger partial charge in [0.05, 0.1) is 6.61 Å². The van der Waals surface area contributed by atoms with Gasteiger partial charge in [-0.3, -0.25) is 9.59 Å². The molecule has 6 unspecified atom stereocenters. The Bertz CT molecular complexity index is 1020. The van der Waals surface area contributed by atoms with Crippen molar-refractivity contribution in [2.45, 2.75) is 224 Å². The minimum absolute atomic E-state index is 0.184. The molecular formula is C44H78O11. The summed E-state index contributed by atoms with van der Waals surface area (Å²) in [5.74, 6) is -2.45. The maximum absolute atomic E-state index is 12.7. The van der Waals surface area contributed by atoms with E-state index in [0.29, 0.717) is 12.8 Å². The zero-order chi connectivity index (χ0) is 40.4. The van der Waals surface area contributed by atoms with Crippen LogP contribution in [0.5, 0.6) is 0 Å². The summed E-state index contributed by atoms with van der Waals surface area (Å²) in [7, 11) is 0. The van der Waals surface area contributed by atoms with Crippen molar-refractivity contribution in [3.63, 3.8) is 0 Å². The second-order valence-electron chi connectivity index (χ2n) is 15.2. The van der Waals surface area contributed by atoms with Crippen LogP contribution in [-0.2, 0) is 33.3 Å². The minimum Gasteiger partial charge on any atom is -0.479 e. The van der Waals surface area contributed by atoms with Crippen molar-refractivity contribution in [1.82, 2.24) is 0 Å². The lowest BCUT2D eigenvalue weighted by atomic mass is 9.99. The smallest absolute Gasteiger partial charge is 0.335 e. The van der Waals surface area contributed by atoms with Gasteiger partial charge < -0.3 is 39.4 Å². The molecule has 55 heavy (non-hydrogen) atoms. The second kappa shape index (κ2) is 34.9. The lowest BCUT2D eigenvalue weighted by Gasteiger charge is -2.38. The van der Waals surface area contributed by atoms with Crippen molar-refractivity contribution in [2.75, 3.05) is 13.2 Å². The molecule has 320 valence electrons.